The van der Waals surface area contributed by atoms with Crippen molar-refractivity contribution in [3.8, 4) is 22.8 Å². The number of aromatic nitrogens is 2. The van der Waals surface area contributed by atoms with Crippen LogP contribution in [-0.2, 0) is 6.54 Å². The lowest BCUT2D eigenvalue weighted by atomic mass is 10.1. The summed E-state index contributed by atoms with van der Waals surface area (Å²) in [6.07, 6.45) is 1.53. The van der Waals surface area contributed by atoms with Crippen LogP contribution in [0.1, 0.15) is 21.5 Å². The molecule has 1 aromatic heterocycles. The van der Waals surface area contributed by atoms with Crippen LogP contribution in [0.15, 0.2) is 79.1 Å². The summed E-state index contributed by atoms with van der Waals surface area (Å²) in [5, 5.41) is 6.21. The Balaban J connectivity index is 1.26. The number of ether oxygens (including phenoxy) is 2. The summed E-state index contributed by atoms with van der Waals surface area (Å²) in [6, 6.07) is 23.0. The highest BCUT2D eigenvalue weighted by Gasteiger charge is 2.14. The molecule has 164 valence electrons. The Morgan fingerprint density at radius 3 is 2.67 bits per heavy atom. The maximum Gasteiger partial charge on any atom is 0.251 e. The fraction of sp³-hybridized carbons (Fsp3) is 0.115. The third-order valence-electron chi connectivity index (χ3n) is 5.30. The average molecular weight is 438 g/mol. The minimum atomic E-state index is -0.167. The number of hydrogen-bond donors (Lipinski definition) is 2. The first-order valence-corrected chi connectivity index (χ1v) is 10.6. The lowest BCUT2D eigenvalue weighted by molar-refractivity contribution is 0.0951. The first kappa shape index (κ1) is 20.5. The van der Waals surface area contributed by atoms with Crippen LogP contribution in [0.5, 0.6) is 11.5 Å². The number of nitrogens with zero attached hydrogens (tertiary/aromatic N) is 2. The van der Waals surface area contributed by atoms with E-state index in [-0.39, 0.29) is 12.7 Å². The number of rotatable bonds is 6. The standard InChI is InChI=1S/C26H22N4O3/c1-17-5-8-19(9-6-17)22-13-25(29-15-28-22)30-21-4-2-3-20(12-21)26(31)27-14-18-7-10-23-24(11-18)33-16-32-23/h2-13,15H,14,16H2,1H3,(H,27,31)(H,28,29,30). The second-order valence-corrected chi connectivity index (χ2v) is 7.73. The third kappa shape index (κ3) is 4.77. The van der Waals surface area contributed by atoms with Gasteiger partial charge in [0.1, 0.15) is 12.1 Å². The molecule has 0 radical (unpaired) electrons. The van der Waals surface area contributed by atoms with E-state index in [1.54, 1.807) is 12.1 Å². The van der Waals surface area contributed by atoms with Gasteiger partial charge in [-0.25, -0.2) is 9.97 Å². The molecular formula is C26H22N4O3. The Labute approximate surface area is 191 Å². The number of aryl methyl sites for hydroxylation is 1. The van der Waals surface area contributed by atoms with Crippen molar-refractivity contribution in [1.82, 2.24) is 15.3 Å². The van der Waals surface area contributed by atoms with E-state index in [0.29, 0.717) is 23.7 Å². The van der Waals surface area contributed by atoms with Crippen molar-refractivity contribution in [3.05, 3.63) is 95.8 Å². The molecule has 33 heavy (non-hydrogen) atoms. The Bertz CT molecular complexity index is 1310. The number of carbonyl (C=O) groups is 1. The van der Waals surface area contributed by atoms with Crippen molar-refractivity contribution in [2.45, 2.75) is 13.5 Å². The monoisotopic (exact) mass is 438 g/mol. The van der Waals surface area contributed by atoms with Crippen LogP contribution in [-0.4, -0.2) is 22.7 Å². The number of anilines is 2. The molecule has 5 rings (SSSR count). The molecule has 1 aliphatic heterocycles. The molecule has 0 fully saturated rings. The molecule has 0 bridgehead atoms. The second kappa shape index (κ2) is 9.00. The van der Waals surface area contributed by atoms with Crippen molar-refractivity contribution in [1.29, 1.82) is 0 Å². The molecule has 7 heteroatoms. The van der Waals surface area contributed by atoms with Crippen molar-refractivity contribution >= 4 is 17.4 Å². The maximum atomic E-state index is 12.7. The van der Waals surface area contributed by atoms with Crippen molar-refractivity contribution in [2.24, 2.45) is 0 Å². The molecule has 0 atom stereocenters. The highest BCUT2D eigenvalue weighted by molar-refractivity contribution is 5.95. The van der Waals surface area contributed by atoms with Gasteiger partial charge >= 0.3 is 0 Å². The van der Waals surface area contributed by atoms with E-state index >= 15 is 0 Å². The zero-order valence-corrected chi connectivity index (χ0v) is 18.0. The summed E-state index contributed by atoms with van der Waals surface area (Å²) in [4.78, 5) is 21.4. The number of amides is 1. The molecule has 3 aromatic carbocycles. The number of carbonyl (C=O) groups excluding carboxylic acids is 1. The molecule has 4 aromatic rings. The fourth-order valence-corrected chi connectivity index (χ4v) is 3.53. The van der Waals surface area contributed by atoms with E-state index in [1.807, 2.05) is 48.5 Å². The normalized spacial score (nSPS) is 11.8. The van der Waals surface area contributed by atoms with Gasteiger partial charge in [0.05, 0.1) is 5.69 Å². The molecule has 0 saturated heterocycles. The van der Waals surface area contributed by atoms with Crippen LogP contribution >= 0.6 is 0 Å². The molecule has 0 aliphatic carbocycles. The van der Waals surface area contributed by atoms with Crippen molar-refractivity contribution in [3.63, 3.8) is 0 Å². The number of nitrogens with one attached hydrogen (secondary N) is 2. The predicted octanol–water partition coefficient (Wildman–Crippen LogP) is 4.85. The van der Waals surface area contributed by atoms with Gasteiger partial charge in [0.25, 0.3) is 5.91 Å². The quantitative estimate of drug-likeness (QED) is 0.447. The van der Waals surface area contributed by atoms with Gasteiger partial charge in [0.2, 0.25) is 6.79 Å². The molecule has 2 heterocycles. The van der Waals surface area contributed by atoms with E-state index < -0.39 is 0 Å². The van der Waals surface area contributed by atoms with Crippen LogP contribution in [0.25, 0.3) is 11.3 Å². The lowest BCUT2D eigenvalue weighted by Gasteiger charge is -2.10. The highest BCUT2D eigenvalue weighted by Crippen LogP contribution is 2.32. The van der Waals surface area contributed by atoms with E-state index in [0.717, 1.165) is 28.3 Å². The van der Waals surface area contributed by atoms with Crippen molar-refractivity contribution in [2.75, 3.05) is 12.1 Å². The molecule has 0 spiro atoms. The molecule has 1 amide bonds. The Hall–Kier alpha value is -4.39. The summed E-state index contributed by atoms with van der Waals surface area (Å²) in [6.45, 7) is 2.66. The Morgan fingerprint density at radius 2 is 1.79 bits per heavy atom. The van der Waals surface area contributed by atoms with Gasteiger partial charge in [-0.2, -0.15) is 0 Å². The molecule has 0 unspecified atom stereocenters. The molecule has 0 saturated carbocycles. The number of fused-ring (bicyclic) bond motifs is 1. The van der Waals surface area contributed by atoms with Gasteiger partial charge in [0.15, 0.2) is 11.5 Å². The van der Waals surface area contributed by atoms with Gasteiger partial charge in [0, 0.05) is 29.4 Å². The SMILES string of the molecule is Cc1ccc(-c2cc(Nc3cccc(C(=O)NCc4ccc5c(c4)OCO5)c3)ncn2)cc1. The first-order valence-electron chi connectivity index (χ1n) is 10.6. The maximum absolute atomic E-state index is 12.7. The zero-order chi connectivity index (χ0) is 22.6. The highest BCUT2D eigenvalue weighted by atomic mass is 16.7. The van der Waals surface area contributed by atoms with Crippen LogP contribution in [0.3, 0.4) is 0 Å². The Morgan fingerprint density at radius 1 is 0.939 bits per heavy atom. The largest absolute Gasteiger partial charge is 0.454 e. The topological polar surface area (TPSA) is 85.4 Å². The summed E-state index contributed by atoms with van der Waals surface area (Å²) >= 11 is 0. The summed E-state index contributed by atoms with van der Waals surface area (Å²) < 4.78 is 10.7. The average Bonchev–Trinajstić information content (AvgIpc) is 3.31. The number of benzene rings is 3. The fourth-order valence-electron chi connectivity index (χ4n) is 3.53. The first-order chi connectivity index (χ1) is 16.1. The zero-order valence-electron chi connectivity index (χ0n) is 18.0. The summed E-state index contributed by atoms with van der Waals surface area (Å²) in [5.41, 5.74) is 5.28. The molecular weight excluding hydrogens is 416 g/mol. The van der Waals surface area contributed by atoms with Crippen LogP contribution in [0.2, 0.25) is 0 Å². The minimum absolute atomic E-state index is 0.167. The summed E-state index contributed by atoms with van der Waals surface area (Å²) in [5.74, 6) is 1.90. The van der Waals surface area contributed by atoms with Gasteiger partial charge in [-0.05, 0) is 42.8 Å². The summed E-state index contributed by atoms with van der Waals surface area (Å²) in [7, 11) is 0. The smallest absolute Gasteiger partial charge is 0.251 e. The van der Waals surface area contributed by atoms with Crippen LogP contribution in [0, 0.1) is 6.92 Å². The molecule has 2 N–H and O–H groups in total. The van der Waals surface area contributed by atoms with Gasteiger partial charge in [-0.1, -0.05) is 42.0 Å². The van der Waals surface area contributed by atoms with Gasteiger partial charge in [-0.3, -0.25) is 4.79 Å². The molecule has 7 nitrogen and oxygen atoms in total. The van der Waals surface area contributed by atoms with E-state index in [1.165, 1.54) is 11.9 Å². The van der Waals surface area contributed by atoms with Gasteiger partial charge < -0.3 is 20.1 Å². The van der Waals surface area contributed by atoms with Crippen LogP contribution in [0.4, 0.5) is 11.5 Å². The molecule has 1 aliphatic rings. The Kier molecular flexibility index (Phi) is 5.59. The van der Waals surface area contributed by atoms with Crippen molar-refractivity contribution < 1.29 is 14.3 Å². The van der Waals surface area contributed by atoms with Crippen LogP contribution < -0.4 is 20.1 Å². The lowest BCUT2D eigenvalue weighted by Crippen LogP contribution is -2.22. The van der Waals surface area contributed by atoms with Gasteiger partial charge in [-0.15, -0.1) is 0 Å². The van der Waals surface area contributed by atoms with E-state index in [2.05, 4.69) is 39.7 Å². The van der Waals surface area contributed by atoms with E-state index in [9.17, 15) is 4.79 Å². The minimum Gasteiger partial charge on any atom is -0.454 e. The third-order valence-corrected chi connectivity index (χ3v) is 5.30. The predicted molar refractivity (Wildman–Crippen MR) is 126 cm³/mol. The second-order valence-electron chi connectivity index (χ2n) is 7.73. The van der Waals surface area contributed by atoms with E-state index in [4.69, 9.17) is 9.47 Å². The number of hydrogen-bond acceptors (Lipinski definition) is 6.